The molecular weight excluding hydrogens is 266 g/mol. The third-order valence-electron chi connectivity index (χ3n) is 3.43. The summed E-state index contributed by atoms with van der Waals surface area (Å²) in [6.45, 7) is 0. The SMILES string of the molecule is COc1ccccc1C(=O)n1cc(C=O)c2ccccc21. The molecule has 0 fully saturated rings. The van der Waals surface area contributed by atoms with E-state index in [1.54, 1.807) is 30.5 Å². The molecule has 0 aliphatic rings. The molecule has 0 saturated carbocycles. The number of methoxy groups -OCH3 is 1. The Kier molecular flexibility index (Phi) is 3.28. The Bertz CT molecular complexity index is 833. The van der Waals surface area contributed by atoms with Gasteiger partial charge in [0.1, 0.15) is 5.75 Å². The van der Waals surface area contributed by atoms with Crippen molar-refractivity contribution < 1.29 is 14.3 Å². The van der Waals surface area contributed by atoms with E-state index in [2.05, 4.69) is 0 Å². The number of fused-ring (bicyclic) bond motifs is 1. The molecule has 4 nitrogen and oxygen atoms in total. The zero-order chi connectivity index (χ0) is 14.8. The van der Waals surface area contributed by atoms with Crippen LogP contribution in [-0.4, -0.2) is 23.9 Å². The predicted molar refractivity (Wildman–Crippen MR) is 80.0 cm³/mol. The van der Waals surface area contributed by atoms with E-state index < -0.39 is 0 Å². The van der Waals surface area contributed by atoms with E-state index in [0.29, 0.717) is 22.4 Å². The second-order valence-electron chi connectivity index (χ2n) is 4.59. The molecule has 21 heavy (non-hydrogen) atoms. The second kappa shape index (κ2) is 5.25. The molecule has 2 aromatic carbocycles. The van der Waals surface area contributed by atoms with E-state index in [1.165, 1.54) is 11.7 Å². The van der Waals surface area contributed by atoms with Crippen LogP contribution in [0.3, 0.4) is 0 Å². The van der Waals surface area contributed by atoms with Crippen LogP contribution in [0.5, 0.6) is 5.75 Å². The van der Waals surface area contributed by atoms with Crippen molar-refractivity contribution in [2.45, 2.75) is 0 Å². The Morgan fingerprint density at radius 2 is 1.81 bits per heavy atom. The maximum Gasteiger partial charge on any atom is 0.266 e. The first-order valence-electron chi connectivity index (χ1n) is 6.49. The molecular formula is C17H13NO3. The van der Waals surface area contributed by atoms with Gasteiger partial charge in [0.15, 0.2) is 6.29 Å². The summed E-state index contributed by atoms with van der Waals surface area (Å²) < 4.78 is 6.71. The lowest BCUT2D eigenvalue weighted by atomic mass is 10.2. The number of aldehydes is 1. The number of rotatable bonds is 3. The van der Waals surface area contributed by atoms with Crippen LogP contribution in [0.4, 0.5) is 0 Å². The van der Waals surface area contributed by atoms with Crippen LogP contribution in [-0.2, 0) is 0 Å². The van der Waals surface area contributed by atoms with Crippen molar-refractivity contribution in [3.05, 3.63) is 65.9 Å². The van der Waals surface area contributed by atoms with Gasteiger partial charge in [0.25, 0.3) is 5.91 Å². The van der Waals surface area contributed by atoms with E-state index >= 15 is 0 Å². The topological polar surface area (TPSA) is 48.3 Å². The fraction of sp³-hybridized carbons (Fsp3) is 0.0588. The van der Waals surface area contributed by atoms with Gasteiger partial charge in [-0.3, -0.25) is 14.2 Å². The first-order valence-corrected chi connectivity index (χ1v) is 6.49. The van der Waals surface area contributed by atoms with Gasteiger partial charge in [0, 0.05) is 17.1 Å². The first-order chi connectivity index (χ1) is 10.3. The Labute approximate surface area is 121 Å². The molecule has 4 heteroatoms. The number of carbonyl (C=O) groups excluding carboxylic acids is 2. The van der Waals surface area contributed by atoms with E-state index in [-0.39, 0.29) is 5.91 Å². The number of hydrogen-bond acceptors (Lipinski definition) is 3. The lowest BCUT2D eigenvalue weighted by molar-refractivity contribution is 0.0962. The smallest absolute Gasteiger partial charge is 0.266 e. The molecule has 0 aliphatic heterocycles. The first kappa shape index (κ1) is 13.1. The van der Waals surface area contributed by atoms with Gasteiger partial charge in [-0.05, 0) is 18.2 Å². The number of para-hydroxylation sites is 2. The third kappa shape index (κ3) is 2.10. The number of nitrogens with zero attached hydrogens (tertiary/aromatic N) is 1. The summed E-state index contributed by atoms with van der Waals surface area (Å²) in [5.74, 6) is 0.282. The average molecular weight is 279 g/mol. The molecule has 0 amide bonds. The molecule has 0 saturated heterocycles. The third-order valence-corrected chi connectivity index (χ3v) is 3.43. The van der Waals surface area contributed by atoms with Crippen LogP contribution >= 0.6 is 0 Å². The standard InChI is InChI=1S/C17H13NO3/c1-21-16-9-5-3-7-14(16)17(20)18-10-12(11-19)13-6-2-4-8-15(13)18/h2-11H,1H3. The zero-order valence-electron chi connectivity index (χ0n) is 11.4. The van der Waals surface area contributed by atoms with E-state index in [0.717, 1.165) is 11.7 Å². The van der Waals surface area contributed by atoms with Crippen molar-refractivity contribution in [1.29, 1.82) is 0 Å². The summed E-state index contributed by atoms with van der Waals surface area (Å²) in [6.07, 6.45) is 2.32. The highest BCUT2D eigenvalue weighted by Gasteiger charge is 2.17. The van der Waals surface area contributed by atoms with Gasteiger partial charge in [-0.1, -0.05) is 30.3 Å². The molecule has 104 valence electrons. The molecule has 0 unspecified atom stereocenters. The zero-order valence-corrected chi connectivity index (χ0v) is 11.4. The minimum atomic E-state index is -0.225. The van der Waals surface area contributed by atoms with Gasteiger partial charge >= 0.3 is 0 Å². The monoisotopic (exact) mass is 279 g/mol. The van der Waals surface area contributed by atoms with Gasteiger partial charge in [-0.2, -0.15) is 0 Å². The summed E-state index contributed by atoms with van der Waals surface area (Å²) >= 11 is 0. The number of aromatic nitrogens is 1. The maximum atomic E-state index is 12.7. The van der Waals surface area contributed by atoms with Gasteiger partial charge in [-0.15, -0.1) is 0 Å². The molecule has 3 aromatic rings. The van der Waals surface area contributed by atoms with Gasteiger partial charge in [-0.25, -0.2) is 0 Å². The van der Waals surface area contributed by atoms with E-state index in [1.807, 2.05) is 24.3 Å². The Balaban J connectivity index is 2.21. The normalized spacial score (nSPS) is 10.5. The fourth-order valence-corrected chi connectivity index (χ4v) is 2.42. The minimum absolute atomic E-state index is 0.225. The van der Waals surface area contributed by atoms with Crippen LogP contribution in [0, 0.1) is 0 Å². The molecule has 3 rings (SSSR count). The van der Waals surface area contributed by atoms with Crippen molar-refractivity contribution in [2.75, 3.05) is 7.11 Å². The van der Waals surface area contributed by atoms with Gasteiger partial charge < -0.3 is 4.74 Å². The number of ether oxygens (including phenoxy) is 1. The van der Waals surface area contributed by atoms with Gasteiger partial charge in [0.2, 0.25) is 0 Å². The summed E-state index contributed by atoms with van der Waals surface area (Å²) in [6, 6.07) is 14.3. The summed E-state index contributed by atoms with van der Waals surface area (Å²) in [7, 11) is 1.52. The van der Waals surface area contributed by atoms with Crippen LogP contribution in [0.15, 0.2) is 54.7 Å². The Morgan fingerprint density at radius 1 is 1.10 bits per heavy atom. The molecule has 0 radical (unpaired) electrons. The average Bonchev–Trinajstić information content (AvgIpc) is 2.93. The predicted octanol–water partition coefficient (Wildman–Crippen LogP) is 3.15. The van der Waals surface area contributed by atoms with Crippen molar-refractivity contribution in [3.63, 3.8) is 0 Å². The van der Waals surface area contributed by atoms with Crippen LogP contribution < -0.4 is 4.74 Å². The molecule has 0 N–H and O–H groups in total. The number of hydrogen-bond donors (Lipinski definition) is 0. The van der Waals surface area contributed by atoms with Crippen LogP contribution in [0.2, 0.25) is 0 Å². The van der Waals surface area contributed by atoms with Crippen molar-refractivity contribution in [3.8, 4) is 5.75 Å². The Hall–Kier alpha value is -2.88. The molecule has 0 aliphatic carbocycles. The lowest BCUT2D eigenvalue weighted by Gasteiger charge is -2.08. The molecule has 1 heterocycles. The molecule has 0 spiro atoms. The summed E-state index contributed by atoms with van der Waals surface area (Å²) in [4.78, 5) is 23.9. The molecule has 0 atom stereocenters. The summed E-state index contributed by atoms with van der Waals surface area (Å²) in [5.41, 5.74) is 1.66. The largest absolute Gasteiger partial charge is 0.496 e. The highest BCUT2D eigenvalue weighted by atomic mass is 16.5. The fourth-order valence-electron chi connectivity index (χ4n) is 2.42. The van der Waals surface area contributed by atoms with Gasteiger partial charge in [0.05, 0.1) is 18.2 Å². The second-order valence-corrected chi connectivity index (χ2v) is 4.59. The minimum Gasteiger partial charge on any atom is -0.496 e. The van der Waals surface area contributed by atoms with Crippen LogP contribution in [0.1, 0.15) is 20.7 Å². The van der Waals surface area contributed by atoms with Crippen LogP contribution in [0.25, 0.3) is 10.9 Å². The number of carbonyl (C=O) groups is 2. The highest BCUT2D eigenvalue weighted by molar-refractivity contribution is 6.07. The molecule has 1 aromatic heterocycles. The quantitative estimate of drug-likeness (QED) is 0.692. The number of benzene rings is 2. The van der Waals surface area contributed by atoms with E-state index in [4.69, 9.17) is 4.74 Å². The van der Waals surface area contributed by atoms with Crippen molar-refractivity contribution in [1.82, 2.24) is 4.57 Å². The lowest BCUT2D eigenvalue weighted by Crippen LogP contribution is -2.12. The maximum absolute atomic E-state index is 12.7. The Morgan fingerprint density at radius 3 is 2.57 bits per heavy atom. The van der Waals surface area contributed by atoms with Crippen molar-refractivity contribution >= 4 is 23.1 Å². The summed E-state index contributed by atoms with van der Waals surface area (Å²) in [5, 5.41) is 0.760. The van der Waals surface area contributed by atoms with Crippen molar-refractivity contribution in [2.24, 2.45) is 0 Å². The highest BCUT2D eigenvalue weighted by Crippen LogP contribution is 2.24. The van der Waals surface area contributed by atoms with E-state index in [9.17, 15) is 9.59 Å². The molecule has 0 bridgehead atoms.